The van der Waals surface area contributed by atoms with E-state index in [1.54, 1.807) is 24.3 Å². The average molecular weight is 375 g/mol. The van der Waals surface area contributed by atoms with Crippen LogP contribution in [0.2, 0.25) is 0 Å². The summed E-state index contributed by atoms with van der Waals surface area (Å²) in [6, 6.07) is 13.1. The second-order valence-corrected chi connectivity index (χ2v) is 5.73. The molecule has 3 rings (SSSR count). The van der Waals surface area contributed by atoms with E-state index in [1.807, 2.05) is 12.1 Å². The fourth-order valence-corrected chi connectivity index (χ4v) is 2.62. The molecule has 0 aliphatic carbocycles. The van der Waals surface area contributed by atoms with Crippen LogP contribution in [0.5, 0.6) is 0 Å². The molecular formula is C18H12F3N3O3. The fraction of sp³-hybridized carbons (Fsp3) is 0.0556. The van der Waals surface area contributed by atoms with Gasteiger partial charge in [0.2, 0.25) is 0 Å². The first-order valence-electron chi connectivity index (χ1n) is 7.62. The first-order valence-corrected chi connectivity index (χ1v) is 7.62. The lowest BCUT2D eigenvalue weighted by atomic mass is 10.1. The van der Waals surface area contributed by atoms with Gasteiger partial charge in [-0.25, -0.2) is 0 Å². The summed E-state index contributed by atoms with van der Waals surface area (Å²) in [4.78, 5) is 22.1. The molecule has 0 bridgehead atoms. The highest BCUT2D eigenvalue weighted by Crippen LogP contribution is 2.40. The Hall–Kier alpha value is -3.62. The third-order valence-corrected chi connectivity index (χ3v) is 3.93. The van der Waals surface area contributed by atoms with E-state index in [1.165, 1.54) is 6.07 Å². The summed E-state index contributed by atoms with van der Waals surface area (Å²) in [5.41, 5.74) is 2.44. The van der Waals surface area contributed by atoms with Gasteiger partial charge in [-0.2, -0.15) is 13.2 Å². The second kappa shape index (κ2) is 6.60. The summed E-state index contributed by atoms with van der Waals surface area (Å²) in [5, 5.41) is 14.8. The molecule has 27 heavy (non-hydrogen) atoms. The van der Waals surface area contributed by atoms with Crippen LogP contribution in [0.1, 0.15) is 15.9 Å². The molecule has 3 N–H and O–H groups in total. The van der Waals surface area contributed by atoms with Crippen LogP contribution in [0.25, 0.3) is 10.8 Å². The molecule has 9 heteroatoms. The van der Waals surface area contributed by atoms with Crippen LogP contribution in [-0.4, -0.2) is 10.8 Å². The lowest BCUT2D eigenvalue weighted by Gasteiger charge is -2.13. The van der Waals surface area contributed by atoms with Crippen LogP contribution in [-0.2, 0) is 6.18 Å². The van der Waals surface area contributed by atoms with E-state index >= 15 is 0 Å². The van der Waals surface area contributed by atoms with E-state index < -0.39 is 28.3 Å². The van der Waals surface area contributed by atoms with Gasteiger partial charge in [-0.15, -0.1) is 0 Å². The normalized spacial score (nSPS) is 11.4. The zero-order valence-electron chi connectivity index (χ0n) is 13.6. The van der Waals surface area contributed by atoms with Gasteiger partial charge >= 0.3 is 6.18 Å². The van der Waals surface area contributed by atoms with E-state index in [-0.39, 0.29) is 16.9 Å². The number of rotatable bonds is 3. The molecule has 0 saturated heterocycles. The smallest absolute Gasteiger partial charge is 0.397 e. The highest BCUT2D eigenvalue weighted by Gasteiger charge is 2.39. The van der Waals surface area contributed by atoms with Gasteiger partial charge < -0.3 is 11.1 Å². The average Bonchev–Trinajstić information content (AvgIpc) is 2.61. The molecule has 0 spiro atoms. The monoisotopic (exact) mass is 375 g/mol. The number of hydrogen-bond donors (Lipinski definition) is 2. The quantitative estimate of drug-likeness (QED) is 0.397. The number of fused-ring (bicyclic) bond motifs is 1. The Morgan fingerprint density at radius 2 is 1.70 bits per heavy atom. The summed E-state index contributed by atoms with van der Waals surface area (Å²) in [6.45, 7) is 0. The van der Waals surface area contributed by atoms with Crippen molar-refractivity contribution < 1.29 is 22.9 Å². The predicted molar refractivity (Wildman–Crippen MR) is 94.4 cm³/mol. The molecule has 0 aliphatic heterocycles. The number of alkyl halides is 3. The van der Waals surface area contributed by atoms with E-state index in [9.17, 15) is 28.1 Å². The number of nitrogens with zero attached hydrogens (tertiary/aromatic N) is 1. The van der Waals surface area contributed by atoms with Gasteiger partial charge in [0.25, 0.3) is 11.6 Å². The van der Waals surface area contributed by atoms with Gasteiger partial charge in [0, 0.05) is 11.6 Å². The Morgan fingerprint density at radius 3 is 2.33 bits per heavy atom. The maximum absolute atomic E-state index is 13.1. The molecule has 0 heterocycles. The zero-order valence-corrected chi connectivity index (χ0v) is 13.6. The van der Waals surface area contributed by atoms with Crippen LogP contribution in [0, 0.1) is 10.1 Å². The van der Waals surface area contributed by atoms with Crippen molar-refractivity contribution in [3.05, 3.63) is 75.8 Å². The number of benzene rings is 3. The molecule has 3 aromatic carbocycles. The molecule has 0 unspecified atom stereocenters. The molecule has 0 saturated carbocycles. The summed E-state index contributed by atoms with van der Waals surface area (Å²) >= 11 is 0. The van der Waals surface area contributed by atoms with Crippen molar-refractivity contribution in [2.75, 3.05) is 11.1 Å². The van der Waals surface area contributed by atoms with Crippen LogP contribution < -0.4 is 11.1 Å². The van der Waals surface area contributed by atoms with Gasteiger partial charge in [-0.3, -0.25) is 14.9 Å². The highest BCUT2D eigenvalue weighted by molar-refractivity contribution is 6.07. The lowest BCUT2D eigenvalue weighted by Crippen LogP contribution is -2.16. The minimum Gasteiger partial charge on any atom is -0.397 e. The van der Waals surface area contributed by atoms with Crippen LogP contribution in [0.4, 0.5) is 30.2 Å². The second-order valence-electron chi connectivity index (χ2n) is 5.73. The molecule has 0 aliphatic rings. The van der Waals surface area contributed by atoms with Gasteiger partial charge in [0.05, 0.1) is 16.3 Å². The van der Waals surface area contributed by atoms with Crippen molar-refractivity contribution in [3.63, 3.8) is 0 Å². The predicted octanol–water partition coefficient (Wildman–Crippen LogP) is 4.60. The zero-order chi connectivity index (χ0) is 19.8. The topological polar surface area (TPSA) is 98.3 Å². The number of hydrogen-bond acceptors (Lipinski definition) is 4. The number of nitrogens with two attached hydrogens (primary N) is 1. The minimum atomic E-state index is -4.97. The number of carbonyl (C=O) groups excluding carboxylic acids is 1. The summed E-state index contributed by atoms with van der Waals surface area (Å²) in [5.74, 6) is -0.686. The van der Waals surface area contributed by atoms with Gasteiger partial charge in [0.1, 0.15) is 5.56 Å². The maximum atomic E-state index is 13.1. The summed E-state index contributed by atoms with van der Waals surface area (Å²) in [7, 11) is 0. The standard InChI is InChI=1S/C18H12F3N3O3/c19-18(20,21)13-8-15(14(22)9-16(13)24(26)27)23-17(25)12-6-5-10-3-1-2-4-11(10)7-12/h1-9H,22H2,(H,23,25). The van der Waals surface area contributed by atoms with E-state index in [2.05, 4.69) is 5.32 Å². The van der Waals surface area contributed by atoms with Crippen molar-refractivity contribution in [3.8, 4) is 0 Å². The number of nitrogens with one attached hydrogen (secondary N) is 1. The van der Waals surface area contributed by atoms with Crippen molar-refractivity contribution >= 4 is 33.7 Å². The molecule has 0 atom stereocenters. The third kappa shape index (κ3) is 3.66. The molecule has 0 aromatic heterocycles. The van der Waals surface area contributed by atoms with Crippen LogP contribution in [0.15, 0.2) is 54.6 Å². The molecular weight excluding hydrogens is 363 g/mol. The Morgan fingerprint density at radius 1 is 1.04 bits per heavy atom. The number of carbonyl (C=O) groups is 1. The largest absolute Gasteiger partial charge is 0.423 e. The first kappa shape index (κ1) is 18.2. The van der Waals surface area contributed by atoms with Crippen molar-refractivity contribution in [2.24, 2.45) is 0 Å². The van der Waals surface area contributed by atoms with E-state index in [0.717, 1.165) is 10.8 Å². The number of amides is 1. The first-order chi connectivity index (χ1) is 12.7. The Bertz CT molecular complexity index is 1060. The Kier molecular flexibility index (Phi) is 4.44. The Labute approximate surface area is 150 Å². The number of halogens is 3. The van der Waals surface area contributed by atoms with Gasteiger partial charge in [-0.1, -0.05) is 30.3 Å². The Balaban J connectivity index is 1.98. The summed E-state index contributed by atoms with van der Waals surface area (Å²) < 4.78 is 39.3. The highest BCUT2D eigenvalue weighted by atomic mass is 19.4. The van der Waals surface area contributed by atoms with Crippen molar-refractivity contribution in [1.29, 1.82) is 0 Å². The molecule has 138 valence electrons. The lowest BCUT2D eigenvalue weighted by molar-refractivity contribution is -0.388. The van der Waals surface area contributed by atoms with Gasteiger partial charge in [-0.05, 0) is 29.0 Å². The van der Waals surface area contributed by atoms with Crippen LogP contribution >= 0.6 is 0 Å². The molecule has 6 nitrogen and oxygen atoms in total. The molecule has 0 fully saturated rings. The van der Waals surface area contributed by atoms with Crippen molar-refractivity contribution in [2.45, 2.75) is 6.18 Å². The minimum absolute atomic E-state index is 0.208. The number of nitrogen functional groups attached to an aromatic ring is 1. The summed E-state index contributed by atoms with van der Waals surface area (Å²) in [6.07, 6.45) is -4.97. The van der Waals surface area contributed by atoms with Gasteiger partial charge in [0.15, 0.2) is 0 Å². The molecule has 3 aromatic rings. The fourth-order valence-electron chi connectivity index (χ4n) is 2.62. The SMILES string of the molecule is Nc1cc([N+](=O)[O-])c(C(F)(F)F)cc1NC(=O)c1ccc2ccccc2c1. The number of nitro benzene ring substituents is 1. The van der Waals surface area contributed by atoms with Crippen molar-refractivity contribution in [1.82, 2.24) is 0 Å². The molecule has 0 radical (unpaired) electrons. The number of nitro groups is 1. The molecule has 1 amide bonds. The van der Waals surface area contributed by atoms with E-state index in [0.29, 0.717) is 12.1 Å². The maximum Gasteiger partial charge on any atom is 0.423 e. The number of anilines is 2. The third-order valence-electron chi connectivity index (χ3n) is 3.93. The van der Waals surface area contributed by atoms with Crippen LogP contribution in [0.3, 0.4) is 0 Å². The van der Waals surface area contributed by atoms with E-state index in [4.69, 9.17) is 5.73 Å².